The van der Waals surface area contributed by atoms with Crippen molar-refractivity contribution in [2.45, 2.75) is 18.9 Å². The zero-order valence-electron chi connectivity index (χ0n) is 9.68. The predicted octanol–water partition coefficient (Wildman–Crippen LogP) is -0.401. The van der Waals surface area contributed by atoms with E-state index >= 15 is 0 Å². The van der Waals surface area contributed by atoms with Crippen molar-refractivity contribution in [2.75, 3.05) is 40.3 Å². The Kier molecular flexibility index (Phi) is 5.42. The molecule has 0 spiro atoms. The maximum atomic E-state index is 11.3. The largest absolute Gasteiger partial charge is 0.337 e. The summed E-state index contributed by atoms with van der Waals surface area (Å²) in [7, 11) is 3.98. The van der Waals surface area contributed by atoms with Crippen molar-refractivity contribution >= 4 is 6.03 Å². The molecule has 0 saturated carbocycles. The Morgan fingerprint density at radius 3 is 2.87 bits per heavy atom. The number of hydrogen-bond donors (Lipinski definition) is 3. The molecular weight excluding hydrogens is 192 g/mol. The quantitative estimate of drug-likeness (QED) is 0.583. The third kappa shape index (κ3) is 5.59. The summed E-state index contributed by atoms with van der Waals surface area (Å²) in [4.78, 5) is 13.4. The van der Waals surface area contributed by atoms with Gasteiger partial charge in [-0.05, 0) is 33.5 Å². The summed E-state index contributed by atoms with van der Waals surface area (Å²) in [5.74, 6) is 0. The summed E-state index contributed by atoms with van der Waals surface area (Å²) in [6.45, 7) is 3.37. The molecule has 1 saturated heterocycles. The van der Waals surface area contributed by atoms with E-state index in [1.165, 1.54) is 6.42 Å². The van der Waals surface area contributed by atoms with Gasteiger partial charge in [0.2, 0.25) is 0 Å². The van der Waals surface area contributed by atoms with E-state index in [2.05, 4.69) is 16.0 Å². The first kappa shape index (κ1) is 12.3. The van der Waals surface area contributed by atoms with Crippen LogP contribution in [0.2, 0.25) is 0 Å². The average molecular weight is 214 g/mol. The van der Waals surface area contributed by atoms with E-state index in [0.717, 1.165) is 26.1 Å². The molecule has 1 unspecified atom stereocenters. The van der Waals surface area contributed by atoms with Gasteiger partial charge in [0.25, 0.3) is 0 Å². The monoisotopic (exact) mass is 214 g/mol. The lowest BCUT2D eigenvalue weighted by Crippen LogP contribution is -2.43. The molecule has 0 bridgehead atoms. The molecule has 88 valence electrons. The molecular formula is C10H22N4O. The second-order valence-corrected chi connectivity index (χ2v) is 4.23. The van der Waals surface area contributed by atoms with Gasteiger partial charge in [0.15, 0.2) is 0 Å². The van der Waals surface area contributed by atoms with Gasteiger partial charge >= 0.3 is 6.03 Å². The lowest BCUT2D eigenvalue weighted by molar-refractivity contribution is 0.238. The van der Waals surface area contributed by atoms with Crippen LogP contribution in [0.25, 0.3) is 0 Å². The Hall–Kier alpha value is -0.810. The molecule has 0 aromatic rings. The zero-order valence-corrected chi connectivity index (χ0v) is 9.68. The van der Waals surface area contributed by atoms with Crippen molar-refractivity contribution in [1.82, 2.24) is 20.9 Å². The Morgan fingerprint density at radius 1 is 1.47 bits per heavy atom. The minimum Gasteiger partial charge on any atom is -0.337 e. The normalized spacial score (nSPS) is 20.6. The van der Waals surface area contributed by atoms with Crippen molar-refractivity contribution in [2.24, 2.45) is 0 Å². The minimum atomic E-state index is -0.0643. The number of hydrogen-bond acceptors (Lipinski definition) is 3. The number of nitrogens with one attached hydrogen (secondary N) is 3. The first-order chi connectivity index (χ1) is 7.18. The summed E-state index contributed by atoms with van der Waals surface area (Å²) >= 11 is 0. The van der Waals surface area contributed by atoms with E-state index in [0.29, 0.717) is 12.6 Å². The summed E-state index contributed by atoms with van der Waals surface area (Å²) in [6, 6.07) is 0.398. The van der Waals surface area contributed by atoms with Crippen LogP contribution in [0.1, 0.15) is 12.8 Å². The molecule has 15 heavy (non-hydrogen) atoms. The van der Waals surface area contributed by atoms with Gasteiger partial charge in [0.05, 0.1) is 0 Å². The molecule has 1 rings (SSSR count). The summed E-state index contributed by atoms with van der Waals surface area (Å²) in [5, 5.41) is 9.02. The van der Waals surface area contributed by atoms with Crippen LogP contribution in [-0.2, 0) is 0 Å². The Bertz CT molecular complexity index is 190. The third-order valence-electron chi connectivity index (χ3n) is 2.52. The zero-order chi connectivity index (χ0) is 11.1. The highest BCUT2D eigenvalue weighted by molar-refractivity contribution is 5.73. The Labute approximate surface area is 91.6 Å². The molecule has 0 aromatic heterocycles. The van der Waals surface area contributed by atoms with E-state index in [4.69, 9.17) is 0 Å². The fourth-order valence-corrected chi connectivity index (χ4v) is 1.60. The maximum absolute atomic E-state index is 11.3. The third-order valence-corrected chi connectivity index (χ3v) is 2.52. The van der Waals surface area contributed by atoms with Crippen LogP contribution in [-0.4, -0.2) is 57.2 Å². The van der Waals surface area contributed by atoms with Crippen LogP contribution in [0.4, 0.5) is 4.79 Å². The molecule has 5 nitrogen and oxygen atoms in total. The predicted molar refractivity (Wildman–Crippen MR) is 61.0 cm³/mol. The van der Waals surface area contributed by atoms with Crippen molar-refractivity contribution in [3.63, 3.8) is 0 Å². The number of amides is 2. The van der Waals surface area contributed by atoms with Gasteiger partial charge in [-0.25, -0.2) is 4.79 Å². The minimum absolute atomic E-state index is 0.0643. The van der Waals surface area contributed by atoms with Gasteiger partial charge in [-0.15, -0.1) is 0 Å². The van der Waals surface area contributed by atoms with Crippen LogP contribution in [0.15, 0.2) is 0 Å². The van der Waals surface area contributed by atoms with Crippen LogP contribution in [0.5, 0.6) is 0 Å². The van der Waals surface area contributed by atoms with Gasteiger partial charge < -0.3 is 20.9 Å². The first-order valence-corrected chi connectivity index (χ1v) is 5.58. The van der Waals surface area contributed by atoms with E-state index in [-0.39, 0.29) is 6.03 Å². The van der Waals surface area contributed by atoms with Crippen molar-refractivity contribution in [1.29, 1.82) is 0 Å². The Balaban J connectivity index is 1.98. The Morgan fingerprint density at radius 2 is 2.27 bits per heavy atom. The van der Waals surface area contributed by atoms with Gasteiger partial charge in [0.1, 0.15) is 0 Å². The molecule has 0 aliphatic carbocycles. The van der Waals surface area contributed by atoms with Crippen molar-refractivity contribution < 1.29 is 4.79 Å². The fourth-order valence-electron chi connectivity index (χ4n) is 1.60. The van der Waals surface area contributed by atoms with Gasteiger partial charge in [0, 0.05) is 25.7 Å². The number of likely N-dealkylation sites (N-methyl/N-ethyl adjacent to an activating group) is 1. The van der Waals surface area contributed by atoms with Gasteiger partial charge in [-0.3, -0.25) is 0 Å². The van der Waals surface area contributed by atoms with E-state index in [1.807, 2.05) is 19.0 Å². The average Bonchev–Trinajstić information content (AvgIpc) is 2.66. The first-order valence-electron chi connectivity index (χ1n) is 5.58. The number of urea groups is 1. The summed E-state index contributed by atoms with van der Waals surface area (Å²) in [6.07, 6.45) is 2.38. The number of rotatable bonds is 5. The fraction of sp³-hybridized carbons (Fsp3) is 0.900. The second kappa shape index (κ2) is 6.63. The molecule has 0 radical (unpaired) electrons. The van der Waals surface area contributed by atoms with Crippen LogP contribution < -0.4 is 16.0 Å². The second-order valence-electron chi connectivity index (χ2n) is 4.23. The molecule has 1 fully saturated rings. The van der Waals surface area contributed by atoms with E-state index in [9.17, 15) is 4.79 Å². The smallest absolute Gasteiger partial charge is 0.314 e. The SMILES string of the molecule is CN(C)CCNC(=O)NCC1CCCN1. The maximum Gasteiger partial charge on any atom is 0.314 e. The molecule has 3 N–H and O–H groups in total. The highest BCUT2D eigenvalue weighted by atomic mass is 16.2. The molecule has 1 aliphatic heterocycles. The standard InChI is InChI=1S/C10H22N4O/c1-14(2)7-6-12-10(15)13-8-9-4-3-5-11-9/h9,11H,3-8H2,1-2H3,(H2,12,13,15). The number of carbonyl (C=O) groups is 1. The van der Waals surface area contributed by atoms with Crippen LogP contribution in [0.3, 0.4) is 0 Å². The molecule has 5 heteroatoms. The molecule has 0 aromatic carbocycles. The van der Waals surface area contributed by atoms with Crippen LogP contribution >= 0.6 is 0 Å². The van der Waals surface area contributed by atoms with Crippen molar-refractivity contribution in [3.8, 4) is 0 Å². The lowest BCUT2D eigenvalue weighted by Gasteiger charge is -2.13. The van der Waals surface area contributed by atoms with Crippen molar-refractivity contribution in [3.05, 3.63) is 0 Å². The van der Waals surface area contributed by atoms with E-state index < -0.39 is 0 Å². The van der Waals surface area contributed by atoms with E-state index in [1.54, 1.807) is 0 Å². The summed E-state index contributed by atoms with van der Waals surface area (Å²) in [5.41, 5.74) is 0. The molecule has 2 amide bonds. The molecule has 1 heterocycles. The molecule has 1 atom stereocenters. The van der Waals surface area contributed by atoms with Crippen LogP contribution in [0, 0.1) is 0 Å². The topological polar surface area (TPSA) is 56.4 Å². The highest BCUT2D eigenvalue weighted by Gasteiger charge is 2.14. The summed E-state index contributed by atoms with van der Waals surface area (Å²) < 4.78 is 0. The molecule has 1 aliphatic rings. The lowest BCUT2D eigenvalue weighted by atomic mass is 10.2. The highest BCUT2D eigenvalue weighted by Crippen LogP contribution is 2.02. The number of carbonyl (C=O) groups excluding carboxylic acids is 1. The number of nitrogens with zero attached hydrogens (tertiary/aromatic N) is 1. The van der Waals surface area contributed by atoms with Gasteiger partial charge in [-0.2, -0.15) is 0 Å². The van der Waals surface area contributed by atoms with Gasteiger partial charge in [-0.1, -0.05) is 0 Å².